The van der Waals surface area contributed by atoms with Crippen LogP contribution in [0.1, 0.15) is 56.8 Å². The van der Waals surface area contributed by atoms with Crippen molar-refractivity contribution in [2.24, 2.45) is 0 Å². The third-order valence-electron chi connectivity index (χ3n) is 2.29. The molecule has 0 aliphatic heterocycles. The Labute approximate surface area is 98.4 Å². The molecule has 80 valence electrons. The van der Waals surface area contributed by atoms with Gasteiger partial charge in [-0.25, -0.2) is 4.98 Å². The minimum atomic E-state index is 0.433. The Morgan fingerprint density at radius 1 is 1.36 bits per heavy atom. The van der Waals surface area contributed by atoms with Gasteiger partial charge in [0.05, 0.1) is 0 Å². The fourth-order valence-corrected chi connectivity index (χ4v) is 3.21. The lowest BCUT2D eigenvalue weighted by atomic mass is 10.0. The van der Waals surface area contributed by atoms with Crippen LogP contribution in [-0.2, 0) is 0 Å². The van der Waals surface area contributed by atoms with Crippen LogP contribution >= 0.6 is 27.5 Å². The van der Waals surface area contributed by atoms with Crippen LogP contribution in [-0.4, -0.2) is 14.2 Å². The maximum Gasteiger partial charge on any atom is 0.145 e. The van der Waals surface area contributed by atoms with E-state index >= 15 is 0 Å². The highest BCUT2D eigenvalue weighted by Crippen LogP contribution is 2.30. The van der Waals surface area contributed by atoms with Crippen molar-refractivity contribution in [3.8, 4) is 0 Å². The molecule has 0 aliphatic rings. The van der Waals surface area contributed by atoms with E-state index in [4.69, 9.17) is 0 Å². The fourth-order valence-electron chi connectivity index (χ4n) is 1.33. The van der Waals surface area contributed by atoms with Crippen LogP contribution in [0.4, 0.5) is 0 Å². The summed E-state index contributed by atoms with van der Waals surface area (Å²) < 4.78 is 4.38. The molecule has 0 saturated heterocycles. The highest BCUT2D eigenvalue weighted by Gasteiger charge is 2.20. The molecule has 0 saturated carbocycles. The third-order valence-corrected chi connectivity index (χ3v) is 3.78. The Hall–Kier alpha value is 0.0400. The molecule has 0 bridgehead atoms. The topological polar surface area (TPSA) is 25.8 Å². The molecule has 14 heavy (non-hydrogen) atoms. The average molecular weight is 277 g/mol. The van der Waals surface area contributed by atoms with Gasteiger partial charge in [-0.15, -0.1) is 0 Å². The summed E-state index contributed by atoms with van der Waals surface area (Å²) in [5, 5.41) is 1.17. The summed E-state index contributed by atoms with van der Waals surface area (Å²) in [6, 6.07) is 0. The first-order chi connectivity index (χ1) is 6.56. The van der Waals surface area contributed by atoms with Gasteiger partial charge >= 0.3 is 0 Å². The normalized spacial score (nSPS) is 15.9. The second kappa shape index (κ2) is 5.21. The number of hydrogen-bond acceptors (Lipinski definition) is 3. The lowest BCUT2D eigenvalue weighted by molar-refractivity contribution is 0.651. The van der Waals surface area contributed by atoms with E-state index in [0.29, 0.717) is 16.7 Å². The Bertz CT molecular complexity index is 283. The first-order valence-electron chi connectivity index (χ1n) is 5.03. The van der Waals surface area contributed by atoms with Gasteiger partial charge in [-0.3, -0.25) is 0 Å². The zero-order valence-corrected chi connectivity index (χ0v) is 11.5. The molecule has 0 fully saturated rings. The van der Waals surface area contributed by atoms with Gasteiger partial charge in [0.2, 0.25) is 0 Å². The molecular weight excluding hydrogens is 260 g/mol. The zero-order chi connectivity index (χ0) is 10.7. The number of halogens is 1. The predicted molar refractivity (Wildman–Crippen MR) is 65.4 cm³/mol. The summed E-state index contributed by atoms with van der Waals surface area (Å²) in [6.07, 6.45) is 1.11. The van der Waals surface area contributed by atoms with E-state index in [-0.39, 0.29) is 0 Å². The summed E-state index contributed by atoms with van der Waals surface area (Å²) in [6.45, 7) is 8.62. The van der Waals surface area contributed by atoms with Gasteiger partial charge in [0.15, 0.2) is 0 Å². The van der Waals surface area contributed by atoms with Crippen LogP contribution < -0.4 is 0 Å². The largest absolute Gasteiger partial charge is 0.224 e. The molecule has 2 nitrogen and oxygen atoms in total. The van der Waals surface area contributed by atoms with E-state index in [0.717, 1.165) is 12.2 Å². The molecule has 0 N–H and O–H groups in total. The van der Waals surface area contributed by atoms with Crippen molar-refractivity contribution in [3.05, 3.63) is 10.8 Å². The molecule has 0 radical (unpaired) electrons. The van der Waals surface area contributed by atoms with Crippen molar-refractivity contribution in [2.45, 2.75) is 50.8 Å². The van der Waals surface area contributed by atoms with Gasteiger partial charge in [-0.1, -0.05) is 43.6 Å². The molecule has 1 aromatic heterocycles. The average Bonchev–Trinajstić information content (AvgIpc) is 2.53. The van der Waals surface area contributed by atoms with Crippen LogP contribution in [0.3, 0.4) is 0 Å². The quantitative estimate of drug-likeness (QED) is 0.779. The Morgan fingerprint density at radius 2 is 2.00 bits per heavy atom. The van der Waals surface area contributed by atoms with Gasteiger partial charge in [-0.05, 0) is 18.0 Å². The summed E-state index contributed by atoms with van der Waals surface area (Å²) in [5.41, 5.74) is 0. The van der Waals surface area contributed by atoms with Crippen LogP contribution in [0.5, 0.6) is 0 Å². The summed E-state index contributed by atoms with van der Waals surface area (Å²) >= 11 is 5.17. The number of aromatic nitrogens is 2. The van der Waals surface area contributed by atoms with Gasteiger partial charge in [-0.2, -0.15) is 4.37 Å². The first kappa shape index (κ1) is 12.1. The Morgan fingerprint density at radius 3 is 2.36 bits per heavy atom. The fraction of sp³-hybridized carbons (Fsp3) is 0.800. The highest BCUT2D eigenvalue weighted by atomic mass is 79.9. The van der Waals surface area contributed by atoms with Crippen molar-refractivity contribution >= 4 is 27.5 Å². The van der Waals surface area contributed by atoms with Crippen molar-refractivity contribution in [1.29, 1.82) is 0 Å². The molecule has 0 amide bonds. The number of nitrogens with zero attached hydrogens (tertiary/aromatic N) is 2. The summed E-state index contributed by atoms with van der Waals surface area (Å²) in [7, 11) is 0. The van der Waals surface area contributed by atoms with Gasteiger partial charge < -0.3 is 0 Å². The third kappa shape index (κ3) is 2.76. The van der Waals surface area contributed by atoms with E-state index in [1.54, 1.807) is 11.5 Å². The van der Waals surface area contributed by atoms with E-state index < -0.39 is 0 Å². The molecule has 1 heterocycles. The number of rotatable bonds is 4. The minimum absolute atomic E-state index is 0.433. The molecule has 0 aliphatic carbocycles. The SMILES string of the molecule is CCC(c1nc(C(C)C)ns1)C(C)Br. The summed E-state index contributed by atoms with van der Waals surface area (Å²) in [4.78, 5) is 5.05. The van der Waals surface area contributed by atoms with E-state index in [9.17, 15) is 0 Å². The van der Waals surface area contributed by atoms with E-state index in [2.05, 4.69) is 53.0 Å². The van der Waals surface area contributed by atoms with Crippen LogP contribution in [0.25, 0.3) is 0 Å². The molecule has 1 rings (SSSR count). The Balaban J connectivity index is 2.84. The van der Waals surface area contributed by atoms with Crippen molar-refractivity contribution < 1.29 is 0 Å². The number of hydrogen-bond donors (Lipinski definition) is 0. The van der Waals surface area contributed by atoms with Crippen LogP contribution in [0.15, 0.2) is 0 Å². The maximum atomic E-state index is 4.58. The standard InChI is InChI=1S/C10H17BrN2S/c1-5-8(7(4)11)10-12-9(6(2)3)13-14-10/h6-8H,5H2,1-4H3. The molecule has 1 aromatic rings. The van der Waals surface area contributed by atoms with Gasteiger partial charge in [0.1, 0.15) is 10.8 Å². The molecule has 2 unspecified atom stereocenters. The molecule has 0 spiro atoms. The number of alkyl halides is 1. The van der Waals surface area contributed by atoms with Crippen molar-refractivity contribution in [2.75, 3.05) is 0 Å². The van der Waals surface area contributed by atoms with Gasteiger partial charge in [0, 0.05) is 16.7 Å². The molecular formula is C10H17BrN2S. The monoisotopic (exact) mass is 276 g/mol. The van der Waals surface area contributed by atoms with E-state index in [1.807, 2.05) is 0 Å². The smallest absolute Gasteiger partial charge is 0.145 e. The second-order valence-corrected chi connectivity index (χ2v) is 6.07. The molecule has 0 aromatic carbocycles. The van der Waals surface area contributed by atoms with Crippen molar-refractivity contribution in [1.82, 2.24) is 9.36 Å². The maximum absolute atomic E-state index is 4.58. The highest BCUT2D eigenvalue weighted by molar-refractivity contribution is 9.09. The first-order valence-corrected chi connectivity index (χ1v) is 6.72. The van der Waals surface area contributed by atoms with E-state index in [1.165, 1.54) is 5.01 Å². The Kier molecular flexibility index (Phi) is 4.51. The van der Waals surface area contributed by atoms with Crippen LogP contribution in [0.2, 0.25) is 0 Å². The lowest BCUT2D eigenvalue weighted by Gasteiger charge is -2.13. The van der Waals surface area contributed by atoms with Crippen LogP contribution in [0, 0.1) is 0 Å². The summed E-state index contributed by atoms with van der Waals surface area (Å²) in [5.74, 6) is 1.92. The molecule has 4 heteroatoms. The lowest BCUT2D eigenvalue weighted by Crippen LogP contribution is -2.07. The van der Waals surface area contributed by atoms with Gasteiger partial charge in [0.25, 0.3) is 0 Å². The predicted octanol–water partition coefficient (Wildman–Crippen LogP) is 3.94. The second-order valence-electron chi connectivity index (χ2n) is 3.84. The zero-order valence-electron chi connectivity index (χ0n) is 9.12. The van der Waals surface area contributed by atoms with Crippen molar-refractivity contribution in [3.63, 3.8) is 0 Å². The minimum Gasteiger partial charge on any atom is -0.224 e. The molecule has 2 atom stereocenters.